The number of alkyl halides is 3. The van der Waals surface area contributed by atoms with Crippen LogP contribution in [0.2, 0.25) is 0 Å². The van der Waals surface area contributed by atoms with Gasteiger partial charge in [-0.25, -0.2) is 0 Å². The van der Waals surface area contributed by atoms with Crippen LogP contribution in [0.4, 0.5) is 13.2 Å². The van der Waals surface area contributed by atoms with Gasteiger partial charge in [-0.1, -0.05) is 0 Å². The Kier molecular flexibility index (Phi) is 2.66. The third-order valence-electron chi connectivity index (χ3n) is 1.87. The van der Waals surface area contributed by atoms with E-state index in [4.69, 9.17) is 0 Å². The van der Waals surface area contributed by atoms with E-state index in [1.807, 2.05) is 0 Å². The first-order chi connectivity index (χ1) is 7.48. The predicted octanol–water partition coefficient (Wildman–Crippen LogP) is 2.44. The Labute approximate surface area is 96.2 Å². The van der Waals surface area contributed by atoms with Crippen molar-refractivity contribution in [2.75, 3.05) is 0 Å². The summed E-state index contributed by atoms with van der Waals surface area (Å²) in [4.78, 5) is 0. The first-order valence-corrected chi connectivity index (χ1v) is 4.88. The van der Waals surface area contributed by atoms with E-state index in [9.17, 15) is 13.2 Å². The third-order valence-corrected chi connectivity index (χ3v) is 2.54. The number of halogens is 4. The number of nitrogens with zero attached hydrogens (tertiary/aromatic N) is 4. The number of tetrazole rings is 1. The van der Waals surface area contributed by atoms with Crippen LogP contribution in [0.5, 0.6) is 0 Å². The first kappa shape index (κ1) is 11.1. The molecule has 8 heteroatoms. The molecule has 0 aliphatic heterocycles. The molecule has 4 nitrogen and oxygen atoms in total. The summed E-state index contributed by atoms with van der Waals surface area (Å²) < 4.78 is 39.0. The van der Waals surface area contributed by atoms with E-state index >= 15 is 0 Å². The van der Waals surface area contributed by atoms with Crippen molar-refractivity contribution in [3.63, 3.8) is 0 Å². The molecular formula is C8H4BrF3N4. The zero-order chi connectivity index (χ0) is 11.8. The third kappa shape index (κ3) is 2.06. The van der Waals surface area contributed by atoms with Crippen LogP contribution in [0.3, 0.4) is 0 Å². The largest absolute Gasteiger partial charge is 0.416 e. The van der Waals surface area contributed by atoms with Gasteiger partial charge in [0.1, 0.15) is 6.33 Å². The summed E-state index contributed by atoms with van der Waals surface area (Å²) in [6.07, 6.45) is -3.16. The van der Waals surface area contributed by atoms with Crippen molar-refractivity contribution >= 4 is 15.9 Å². The smallest absolute Gasteiger partial charge is 0.199 e. The summed E-state index contributed by atoms with van der Waals surface area (Å²) >= 11 is 3.13. The number of aromatic nitrogens is 4. The highest BCUT2D eigenvalue weighted by Crippen LogP contribution is 2.32. The lowest BCUT2D eigenvalue weighted by Gasteiger charge is -2.09. The highest BCUT2D eigenvalue weighted by Gasteiger charge is 2.31. The molecule has 0 fully saturated rings. The Morgan fingerprint density at radius 3 is 2.56 bits per heavy atom. The SMILES string of the molecule is FC(F)(F)c1ccc(Br)c(-n2cnnn2)c1. The van der Waals surface area contributed by atoms with Crippen LogP contribution in [0.1, 0.15) is 5.56 Å². The van der Waals surface area contributed by atoms with Crippen LogP contribution in [-0.2, 0) is 6.18 Å². The normalized spacial score (nSPS) is 11.8. The topological polar surface area (TPSA) is 43.6 Å². The van der Waals surface area contributed by atoms with Crippen LogP contribution >= 0.6 is 15.9 Å². The molecule has 0 amide bonds. The summed E-state index contributed by atoms with van der Waals surface area (Å²) in [5.41, 5.74) is -0.513. The van der Waals surface area contributed by atoms with Crippen molar-refractivity contribution in [3.8, 4) is 5.69 Å². The fraction of sp³-hybridized carbons (Fsp3) is 0.125. The maximum absolute atomic E-state index is 12.5. The van der Waals surface area contributed by atoms with Crippen molar-refractivity contribution < 1.29 is 13.2 Å². The van der Waals surface area contributed by atoms with Gasteiger partial charge in [0.05, 0.1) is 11.3 Å². The van der Waals surface area contributed by atoms with Gasteiger partial charge in [0, 0.05) is 4.47 Å². The highest BCUT2D eigenvalue weighted by atomic mass is 79.9. The average molecular weight is 293 g/mol. The van der Waals surface area contributed by atoms with Gasteiger partial charge in [-0.2, -0.15) is 17.9 Å². The highest BCUT2D eigenvalue weighted by molar-refractivity contribution is 9.10. The maximum Gasteiger partial charge on any atom is 0.416 e. The van der Waals surface area contributed by atoms with Gasteiger partial charge in [0.2, 0.25) is 0 Å². The summed E-state index contributed by atoms with van der Waals surface area (Å²) in [5.74, 6) is 0. The lowest BCUT2D eigenvalue weighted by atomic mass is 10.2. The van der Waals surface area contributed by atoms with Crippen molar-refractivity contribution in [1.29, 1.82) is 0 Å². The molecule has 0 N–H and O–H groups in total. The van der Waals surface area contributed by atoms with Gasteiger partial charge < -0.3 is 0 Å². The van der Waals surface area contributed by atoms with E-state index in [0.29, 0.717) is 4.47 Å². The van der Waals surface area contributed by atoms with Crippen molar-refractivity contribution in [3.05, 3.63) is 34.6 Å². The Morgan fingerprint density at radius 1 is 1.25 bits per heavy atom. The summed E-state index contributed by atoms with van der Waals surface area (Å²) in [6, 6.07) is 3.26. The maximum atomic E-state index is 12.5. The van der Waals surface area contributed by atoms with E-state index in [1.54, 1.807) is 0 Å². The Balaban J connectivity index is 2.54. The summed E-state index contributed by atoms with van der Waals surface area (Å²) in [6.45, 7) is 0. The van der Waals surface area contributed by atoms with Crippen molar-refractivity contribution in [1.82, 2.24) is 20.2 Å². The molecule has 0 unspecified atom stereocenters. The quantitative estimate of drug-likeness (QED) is 0.811. The van der Waals surface area contributed by atoms with Crippen molar-refractivity contribution in [2.24, 2.45) is 0 Å². The van der Waals surface area contributed by atoms with Crippen LogP contribution in [0.25, 0.3) is 5.69 Å². The summed E-state index contributed by atoms with van der Waals surface area (Å²) in [7, 11) is 0. The second-order valence-corrected chi connectivity index (χ2v) is 3.77. The van der Waals surface area contributed by atoms with Crippen LogP contribution < -0.4 is 0 Å². The molecule has 0 atom stereocenters. The van der Waals surface area contributed by atoms with Gasteiger partial charge in [-0.15, -0.1) is 5.10 Å². The second-order valence-electron chi connectivity index (χ2n) is 2.92. The Bertz CT molecular complexity index is 494. The number of benzene rings is 1. The van der Waals surface area contributed by atoms with E-state index in [-0.39, 0.29) is 5.69 Å². The van der Waals surface area contributed by atoms with Crippen LogP contribution in [0, 0.1) is 0 Å². The standard InChI is InChI=1S/C8H4BrF3N4/c9-6-2-1-5(8(10,11)12)3-7(6)16-4-13-14-15-16/h1-4H. The number of hydrogen-bond acceptors (Lipinski definition) is 3. The minimum absolute atomic E-state index is 0.236. The van der Waals surface area contributed by atoms with Crippen molar-refractivity contribution in [2.45, 2.75) is 6.18 Å². The predicted molar refractivity (Wildman–Crippen MR) is 51.9 cm³/mol. The lowest BCUT2D eigenvalue weighted by molar-refractivity contribution is -0.137. The monoisotopic (exact) mass is 292 g/mol. The molecule has 0 saturated carbocycles. The molecule has 0 bridgehead atoms. The van der Waals surface area contributed by atoms with Gasteiger partial charge in [-0.05, 0) is 44.6 Å². The van der Waals surface area contributed by atoms with Crippen LogP contribution in [0.15, 0.2) is 29.0 Å². The molecule has 84 valence electrons. The Hall–Kier alpha value is -1.44. The minimum Gasteiger partial charge on any atom is -0.199 e. The fourth-order valence-corrected chi connectivity index (χ4v) is 1.56. The lowest BCUT2D eigenvalue weighted by Crippen LogP contribution is -2.07. The van der Waals surface area contributed by atoms with E-state index in [0.717, 1.165) is 16.8 Å². The number of rotatable bonds is 1. The number of hydrogen-bond donors (Lipinski definition) is 0. The molecule has 0 saturated heterocycles. The Morgan fingerprint density at radius 2 is 2.00 bits per heavy atom. The van der Waals surface area contributed by atoms with E-state index < -0.39 is 11.7 Å². The zero-order valence-corrected chi connectivity index (χ0v) is 9.20. The van der Waals surface area contributed by atoms with E-state index in [1.165, 1.54) is 12.4 Å². The first-order valence-electron chi connectivity index (χ1n) is 4.08. The molecule has 0 radical (unpaired) electrons. The van der Waals surface area contributed by atoms with Gasteiger partial charge in [0.25, 0.3) is 0 Å². The molecule has 0 aliphatic carbocycles. The molecular weight excluding hydrogens is 289 g/mol. The van der Waals surface area contributed by atoms with Gasteiger partial charge in [-0.3, -0.25) is 0 Å². The molecule has 1 heterocycles. The molecule has 1 aromatic carbocycles. The molecule has 2 rings (SSSR count). The molecule has 16 heavy (non-hydrogen) atoms. The van der Waals surface area contributed by atoms with Gasteiger partial charge in [0.15, 0.2) is 0 Å². The van der Waals surface area contributed by atoms with Crippen LogP contribution in [-0.4, -0.2) is 20.2 Å². The zero-order valence-electron chi connectivity index (χ0n) is 7.61. The fourth-order valence-electron chi connectivity index (χ4n) is 1.14. The van der Waals surface area contributed by atoms with E-state index in [2.05, 4.69) is 31.5 Å². The summed E-state index contributed by atoms with van der Waals surface area (Å²) in [5, 5.41) is 10.3. The molecule has 2 aromatic rings. The molecule has 0 spiro atoms. The minimum atomic E-state index is -4.39. The average Bonchev–Trinajstić information content (AvgIpc) is 2.69. The van der Waals surface area contributed by atoms with Gasteiger partial charge >= 0.3 is 6.18 Å². The molecule has 0 aliphatic rings. The molecule has 1 aromatic heterocycles. The second kappa shape index (κ2) is 3.85.